The second-order valence-electron chi connectivity index (χ2n) is 4.08. The number of carbonyl (C=O) groups excluding carboxylic acids is 1. The summed E-state index contributed by atoms with van der Waals surface area (Å²) in [7, 11) is 0. The molecule has 0 radical (unpaired) electrons. The first kappa shape index (κ1) is 13.6. The number of nitrogens with zero attached hydrogens (tertiary/aromatic N) is 2. The van der Waals surface area contributed by atoms with Crippen LogP contribution >= 0.6 is 0 Å². The molecule has 1 aromatic rings. The second kappa shape index (κ2) is 6.96. The Labute approximate surface area is 102 Å². The molecule has 5 nitrogen and oxygen atoms in total. The molecule has 0 saturated heterocycles. The smallest absolute Gasteiger partial charge is 0.224 e. The summed E-state index contributed by atoms with van der Waals surface area (Å²) in [6.45, 7) is 7.81. The largest absolute Gasteiger partial charge is 0.350 e. The van der Waals surface area contributed by atoms with Crippen molar-refractivity contribution in [1.29, 1.82) is 0 Å². The lowest BCUT2D eigenvalue weighted by Gasteiger charge is -2.11. The molecule has 1 unspecified atom stereocenters. The first-order valence-electron chi connectivity index (χ1n) is 5.89. The van der Waals surface area contributed by atoms with E-state index in [2.05, 4.69) is 20.6 Å². The Bertz CT molecular complexity index is 350. The van der Waals surface area contributed by atoms with Crippen molar-refractivity contribution in [1.82, 2.24) is 20.6 Å². The molecule has 0 saturated carbocycles. The fourth-order valence-corrected chi connectivity index (χ4v) is 1.32. The van der Waals surface area contributed by atoms with Crippen LogP contribution in [0.5, 0.6) is 0 Å². The van der Waals surface area contributed by atoms with Crippen molar-refractivity contribution in [2.24, 2.45) is 5.92 Å². The lowest BCUT2D eigenvalue weighted by atomic mass is 10.1. The fraction of sp³-hybridized carbons (Fsp3) is 0.583. The summed E-state index contributed by atoms with van der Waals surface area (Å²) in [4.78, 5) is 20.0. The maximum absolute atomic E-state index is 11.7. The van der Waals surface area contributed by atoms with E-state index >= 15 is 0 Å². The van der Waals surface area contributed by atoms with Gasteiger partial charge in [-0.1, -0.05) is 13.8 Å². The third-order valence-corrected chi connectivity index (χ3v) is 2.43. The van der Waals surface area contributed by atoms with Gasteiger partial charge in [0.25, 0.3) is 0 Å². The Morgan fingerprint density at radius 1 is 1.41 bits per heavy atom. The van der Waals surface area contributed by atoms with Gasteiger partial charge in [-0.05, 0) is 13.5 Å². The highest BCUT2D eigenvalue weighted by Crippen LogP contribution is 1.96. The van der Waals surface area contributed by atoms with E-state index in [1.807, 2.05) is 20.8 Å². The maximum Gasteiger partial charge on any atom is 0.224 e. The fourth-order valence-electron chi connectivity index (χ4n) is 1.32. The second-order valence-corrected chi connectivity index (χ2v) is 4.08. The van der Waals surface area contributed by atoms with E-state index in [9.17, 15) is 4.79 Å². The van der Waals surface area contributed by atoms with Crippen molar-refractivity contribution in [2.75, 3.05) is 13.1 Å². The highest BCUT2D eigenvalue weighted by molar-refractivity contribution is 5.78. The van der Waals surface area contributed by atoms with Crippen molar-refractivity contribution in [3.05, 3.63) is 23.8 Å². The SMILES string of the molecule is CCNCC(C)C(=O)NCc1cnc(C)cn1. The summed E-state index contributed by atoms with van der Waals surface area (Å²) in [5.74, 6) is 0.00156. The van der Waals surface area contributed by atoms with Crippen molar-refractivity contribution in [3.63, 3.8) is 0 Å². The van der Waals surface area contributed by atoms with Crippen molar-refractivity contribution >= 4 is 5.91 Å². The van der Waals surface area contributed by atoms with Crippen LogP contribution in [0, 0.1) is 12.8 Å². The Kier molecular flexibility index (Phi) is 5.56. The molecular weight excluding hydrogens is 216 g/mol. The van der Waals surface area contributed by atoms with Gasteiger partial charge in [0, 0.05) is 18.7 Å². The average Bonchev–Trinajstić information content (AvgIpc) is 2.34. The third-order valence-electron chi connectivity index (χ3n) is 2.43. The number of nitrogens with one attached hydrogen (secondary N) is 2. The van der Waals surface area contributed by atoms with Gasteiger partial charge in [0.05, 0.1) is 24.1 Å². The minimum atomic E-state index is -0.0339. The molecular formula is C12H20N4O. The Morgan fingerprint density at radius 3 is 2.76 bits per heavy atom. The zero-order valence-electron chi connectivity index (χ0n) is 10.7. The molecule has 0 bridgehead atoms. The van der Waals surface area contributed by atoms with E-state index in [0.717, 1.165) is 17.9 Å². The molecule has 0 aliphatic carbocycles. The van der Waals surface area contributed by atoms with Crippen LogP contribution in [-0.4, -0.2) is 29.0 Å². The molecule has 1 heterocycles. The molecule has 1 amide bonds. The predicted molar refractivity (Wildman–Crippen MR) is 66.3 cm³/mol. The standard InChI is InChI=1S/C12H20N4O/c1-4-13-5-9(2)12(17)16-8-11-7-14-10(3)6-15-11/h6-7,9,13H,4-5,8H2,1-3H3,(H,16,17). The Hall–Kier alpha value is -1.49. The highest BCUT2D eigenvalue weighted by Gasteiger charge is 2.11. The topological polar surface area (TPSA) is 66.9 Å². The summed E-state index contributed by atoms with van der Waals surface area (Å²) < 4.78 is 0. The van der Waals surface area contributed by atoms with E-state index < -0.39 is 0 Å². The van der Waals surface area contributed by atoms with Crippen LogP contribution in [0.1, 0.15) is 25.2 Å². The molecule has 0 fully saturated rings. The van der Waals surface area contributed by atoms with Gasteiger partial charge in [0.15, 0.2) is 0 Å². The third kappa shape index (κ3) is 4.91. The monoisotopic (exact) mass is 236 g/mol. The number of amides is 1. The predicted octanol–water partition coefficient (Wildman–Crippen LogP) is 0.647. The van der Waals surface area contributed by atoms with Gasteiger partial charge < -0.3 is 10.6 Å². The number of aromatic nitrogens is 2. The minimum absolute atomic E-state index is 0.0339. The molecule has 0 spiro atoms. The summed E-state index contributed by atoms with van der Waals surface area (Å²) in [5.41, 5.74) is 1.65. The normalized spacial score (nSPS) is 12.2. The van der Waals surface area contributed by atoms with Crippen LogP contribution in [0.4, 0.5) is 0 Å². The summed E-state index contributed by atoms with van der Waals surface area (Å²) in [5, 5.41) is 5.99. The van der Waals surface area contributed by atoms with E-state index in [4.69, 9.17) is 0 Å². The number of carbonyl (C=O) groups is 1. The molecule has 1 aromatic heterocycles. The lowest BCUT2D eigenvalue weighted by molar-refractivity contribution is -0.124. The van der Waals surface area contributed by atoms with Gasteiger partial charge in [-0.2, -0.15) is 0 Å². The zero-order valence-corrected chi connectivity index (χ0v) is 10.7. The minimum Gasteiger partial charge on any atom is -0.350 e. The van der Waals surface area contributed by atoms with Crippen LogP contribution < -0.4 is 10.6 Å². The molecule has 17 heavy (non-hydrogen) atoms. The van der Waals surface area contributed by atoms with Gasteiger partial charge >= 0.3 is 0 Å². The van der Waals surface area contributed by atoms with E-state index in [1.165, 1.54) is 0 Å². The van der Waals surface area contributed by atoms with Crippen LogP contribution in [0.2, 0.25) is 0 Å². The quantitative estimate of drug-likeness (QED) is 0.761. The number of rotatable bonds is 6. The number of hydrogen-bond acceptors (Lipinski definition) is 4. The van der Waals surface area contributed by atoms with Crippen molar-refractivity contribution in [3.8, 4) is 0 Å². The number of aryl methyl sites for hydroxylation is 1. The molecule has 94 valence electrons. The first-order valence-corrected chi connectivity index (χ1v) is 5.89. The van der Waals surface area contributed by atoms with Gasteiger partial charge in [-0.15, -0.1) is 0 Å². The lowest BCUT2D eigenvalue weighted by Crippen LogP contribution is -2.35. The van der Waals surface area contributed by atoms with Gasteiger partial charge in [-0.25, -0.2) is 0 Å². The Morgan fingerprint density at radius 2 is 2.18 bits per heavy atom. The average molecular weight is 236 g/mol. The molecule has 0 aliphatic rings. The van der Waals surface area contributed by atoms with Crippen molar-refractivity contribution < 1.29 is 4.79 Å². The van der Waals surface area contributed by atoms with Crippen LogP contribution in [0.25, 0.3) is 0 Å². The van der Waals surface area contributed by atoms with E-state index in [1.54, 1.807) is 12.4 Å². The highest BCUT2D eigenvalue weighted by atomic mass is 16.1. The van der Waals surface area contributed by atoms with Crippen LogP contribution in [0.15, 0.2) is 12.4 Å². The van der Waals surface area contributed by atoms with Crippen LogP contribution in [-0.2, 0) is 11.3 Å². The summed E-state index contributed by atoms with van der Waals surface area (Å²) in [6.07, 6.45) is 3.38. The van der Waals surface area contributed by atoms with E-state index in [-0.39, 0.29) is 11.8 Å². The maximum atomic E-state index is 11.7. The van der Waals surface area contributed by atoms with E-state index in [0.29, 0.717) is 13.1 Å². The molecule has 2 N–H and O–H groups in total. The van der Waals surface area contributed by atoms with Gasteiger partial charge in [0.2, 0.25) is 5.91 Å². The molecule has 5 heteroatoms. The Balaban J connectivity index is 2.34. The van der Waals surface area contributed by atoms with Gasteiger partial charge in [-0.3, -0.25) is 14.8 Å². The van der Waals surface area contributed by atoms with Gasteiger partial charge in [0.1, 0.15) is 0 Å². The van der Waals surface area contributed by atoms with Crippen molar-refractivity contribution in [2.45, 2.75) is 27.3 Å². The molecule has 0 aliphatic heterocycles. The molecule has 1 rings (SSSR count). The van der Waals surface area contributed by atoms with Crippen LogP contribution in [0.3, 0.4) is 0 Å². The summed E-state index contributed by atoms with van der Waals surface area (Å²) in [6, 6.07) is 0. The zero-order chi connectivity index (χ0) is 12.7. The first-order chi connectivity index (χ1) is 8.13. The molecule has 0 aromatic carbocycles. The number of hydrogen-bond donors (Lipinski definition) is 2. The summed E-state index contributed by atoms with van der Waals surface area (Å²) >= 11 is 0. The molecule has 1 atom stereocenters.